The molecule has 0 bridgehead atoms. The Balaban J connectivity index is 1.67. The lowest BCUT2D eigenvalue weighted by Crippen LogP contribution is -2.29. The fourth-order valence-corrected chi connectivity index (χ4v) is 5.93. The van der Waals surface area contributed by atoms with E-state index in [2.05, 4.69) is 84.6 Å². The lowest BCUT2D eigenvalue weighted by molar-refractivity contribution is 0.319. The number of aromatic nitrogens is 2. The van der Waals surface area contributed by atoms with E-state index >= 15 is 0 Å². The van der Waals surface area contributed by atoms with Crippen LogP contribution in [0, 0.1) is 20.8 Å². The van der Waals surface area contributed by atoms with Crippen LogP contribution in [0.15, 0.2) is 59.7 Å². The number of hydrogen-bond acceptors (Lipinski definition) is 4. The molecular formula is C24H26N4S. The second-order valence-electron chi connectivity index (χ2n) is 8.02. The first-order valence-electron chi connectivity index (χ1n) is 10.2. The number of amidine groups is 1. The third-order valence-corrected chi connectivity index (χ3v) is 7.30. The van der Waals surface area contributed by atoms with E-state index in [1.54, 1.807) is 0 Å². The molecule has 1 aromatic carbocycles. The van der Waals surface area contributed by atoms with E-state index in [0.29, 0.717) is 5.25 Å². The van der Waals surface area contributed by atoms with E-state index in [1.807, 2.05) is 24.0 Å². The van der Waals surface area contributed by atoms with Crippen LogP contribution in [0.4, 0.5) is 0 Å². The van der Waals surface area contributed by atoms with E-state index < -0.39 is 0 Å². The highest BCUT2D eigenvalue weighted by atomic mass is 32.2. The first-order valence-corrected chi connectivity index (χ1v) is 11.1. The smallest absolute Gasteiger partial charge is 0.160 e. The van der Waals surface area contributed by atoms with Crippen molar-refractivity contribution < 1.29 is 0 Å². The van der Waals surface area contributed by atoms with Gasteiger partial charge in [0.15, 0.2) is 5.17 Å². The second kappa shape index (κ2) is 7.06. The van der Waals surface area contributed by atoms with E-state index in [9.17, 15) is 0 Å². The Bertz CT molecular complexity index is 1070. The molecule has 0 spiro atoms. The fourth-order valence-electron chi connectivity index (χ4n) is 4.84. The van der Waals surface area contributed by atoms with Gasteiger partial charge < -0.3 is 9.47 Å². The summed E-state index contributed by atoms with van der Waals surface area (Å²) in [6.07, 6.45) is 1.88. The molecule has 1 saturated heterocycles. The minimum atomic E-state index is 0.0367. The molecule has 2 aliphatic heterocycles. The van der Waals surface area contributed by atoms with Crippen molar-refractivity contribution in [2.45, 2.75) is 45.0 Å². The Hall–Kier alpha value is -2.53. The number of fused-ring (bicyclic) bond motifs is 1. The van der Waals surface area contributed by atoms with E-state index in [1.165, 1.54) is 33.4 Å². The molecule has 29 heavy (non-hydrogen) atoms. The van der Waals surface area contributed by atoms with E-state index in [-0.39, 0.29) is 12.1 Å². The molecule has 5 rings (SSSR count). The Morgan fingerprint density at radius 2 is 1.72 bits per heavy atom. The van der Waals surface area contributed by atoms with Crippen molar-refractivity contribution in [3.63, 3.8) is 0 Å². The van der Waals surface area contributed by atoms with Crippen LogP contribution in [0.1, 0.15) is 47.2 Å². The molecule has 0 amide bonds. The predicted octanol–water partition coefficient (Wildman–Crippen LogP) is 5.39. The monoisotopic (exact) mass is 402 g/mol. The molecule has 0 N–H and O–H groups in total. The highest BCUT2D eigenvalue weighted by Crippen LogP contribution is 2.50. The fraction of sp³-hybridized carbons (Fsp3) is 0.333. The number of rotatable bonds is 3. The minimum Gasteiger partial charge on any atom is -0.341 e. The van der Waals surface area contributed by atoms with Crippen molar-refractivity contribution in [1.82, 2.24) is 14.5 Å². The van der Waals surface area contributed by atoms with Gasteiger partial charge in [-0.1, -0.05) is 43.0 Å². The van der Waals surface area contributed by atoms with Crippen LogP contribution in [0.2, 0.25) is 0 Å². The Labute approximate surface area is 176 Å². The van der Waals surface area contributed by atoms with Gasteiger partial charge >= 0.3 is 0 Å². The zero-order valence-corrected chi connectivity index (χ0v) is 18.1. The Kier molecular flexibility index (Phi) is 4.50. The summed E-state index contributed by atoms with van der Waals surface area (Å²) in [5.74, 6) is 0. The third-order valence-electron chi connectivity index (χ3n) is 6.20. The van der Waals surface area contributed by atoms with Crippen molar-refractivity contribution in [2.75, 3.05) is 6.54 Å². The molecule has 2 aromatic heterocycles. The van der Waals surface area contributed by atoms with Crippen LogP contribution in [-0.2, 0) is 0 Å². The van der Waals surface area contributed by atoms with E-state index in [0.717, 1.165) is 12.2 Å². The molecule has 4 heterocycles. The molecule has 3 atom stereocenters. The quantitative estimate of drug-likeness (QED) is 0.589. The maximum atomic E-state index is 5.16. The van der Waals surface area contributed by atoms with E-state index in [4.69, 9.17) is 4.99 Å². The summed E-state index contributed by atoms with van der Waals surface area (Å²) < 4.78 is 2.39. The molecule has 4 nitrogen and oxygen atoms in total. The highest BCUT2D eigenvalue weighted by molar-refractivity contribution is 8.14. The summed E-state index contributed by atoms with van der Waals surface area (Å²) in [4.78, 5) is 12.3. The summed E-state index contributed by atoms with van der Waals surface area (Å²) in [5.41, 5.74) is 7.63. The lowest BCUT2D eigenvalue weighted by atomic mass is 9.93. The molecule has 0 aliphatic carbocycles. The number of nitrogens with zero attached hydrogens (tertiary/aromatic N) is 4. The Morgan fingerprint density at radius 3 is 2.45 bits per heavy atom. The van der Waals surface area contributed by atoms with Crippen LogP contribution in [0.3, 0.4) is 0 Å². The third kappa shape index (κ3) is 2.91. The summed E-state index contributed by atoms with van der Waals surface area (Å²) >= 11 is 1.89. The van der Waals surface area contributed by atoms with Gasteiger partial charge in [0, 0.05) is 40.6 Å². The number of aliphatic imine (C=N–C) groups is 1. The normalized spacial score (nSPS) is 23.4. The number of benzene rings is 1. The SMILES string of the molecule is Cc1c(C2C(c3ccccn3)N=C3SC(C)CN32)c(C)n(-c2ccccc2)c1C. The van der Waals surface area contributed by atoms with Gasteiger partial charge in [0.25, 0.3) is 0 Å². The lowest BCUT2D eigenvalue weighted by Gasteiger charge is -2.28. The average Bonchev–Trinajstić information content (AvgIpc) is 3.33. The van der Waals surface area contributed by atoms with Gasteiger partial charge in [-0.05, 0) is 50.6 Å². The number of pyridine rings is 1. The van der Waals surface area contributed by atoms with Crippen molar-refractivity contribution in [2.24, 2.45) is 4.99 Å². The molecule has 148 valence electrons. The maximum Gasteiger partial charge on any atom is 0.160 e. The van der Waals surface area contributed by atoms with Gasteiger partial charge in [-0.2, -0.15) is 0 Å². The maximum absolute atomic E-state index is 5.16. The van der Waals surface area contributed by atoms with Crippen molar-refractivity contribution >= 4 is 16.9 Å². The van der Waals surface area contributed by atoms with Crippen LogP contribution in [0.5, 0.6) is 0 Å². The van der Waals surface area contributed by atoms with Crippen molar-refractivity contribution in [1.29, 1.82) is 0 Å². The summed E-state index contributed by atoms with van der Waals surface area (Å²) in [5, 5.41) is 1.74. The highest BCUT2D eigenvalue weighted by Gasteiger charge is 2.45. The van der Waals surface area contributed by atoms with Gasteiger partial charge in [-0.3, -0.25) is 9.98 Å². The molecule has 0 saturated carbocycles. The van der Waals surface area contributed by atoms with Crippen LogP contribution >= 0.6 is 11.8 Å². The molecule has 5 heteroatoms. The van der Waals surface area contributed by atoms with Gasteiger partial charge in [-0.25, -0.2) is 0 Å². The standard InChI is InChI=1S/C24H26N4S/c1-15-14-27-23(22(26-24(27)29-15)20-12-8-9-13-25-20)21-16(2)17(3)28(18(21)4)19-10-6-5-7-11-19/h5-13,15,22-23H,14H2,1-4H3. The number of hydrogen-bond donors (Lipinski definition) is 0. The van der Waals surface area contributed by atoms with Crippen molar-refractivity contribution in [3.05, 3.63) is 82.9 Å². The molecule has 2 aliphatic rings. The van der Waals surface area contributed by atoms with Gasteiger partial charge in [0.2, 0.25) is 0 Å². The Morgan fingerprint density at radius 1 is 0.966 bits per heavy atom. The zero-order valence-electron chi connectivity index (χ0n) is 17.3. The average molecular weight is 403 g/mol. The zero-order chi connectivity index (χ0) is 20.1. The van der Waals surface area contributed by atoms with Crippen LogP contribution in [-0.4, -0.2) is 31.4 Å². The summed E-state index contributed by atoms with van der Waals surface area (Å²) in [6.45, 7) is 10.1. The summed E-state index contributed by atoms with van der Waals surface area (Å²) in [7, 11) is 0. The second-order valence-corrected chi connectivity index (χ2v) is 9.42. The first kappa shape index (κ1) is 18.5. The number of para-hydroxylation sites is 1. The predicted molar refractivity (Wildman–Crippen MR) is 121 cm³/mol. The van der Waals surface area contributed by atoms with Gasteiger partial charge in [-0.15, -0.1) is 0 Å². The first-order chi connectivity index (χ1) is 14.1. The summed E-state index contributed by atoms with van der Waals surface area (Å²) in [6, 6.07) is 17.0. The topological polar surface area (TPSA) is 33.4 Å². The largest absolute Gasteiger partial charge is 0.341 e. The van der Waals surface area contributed by atoms with Gasteiger partial charge in [0.05, 0.1) is 11.7 Å². The molecular weight excluding hydrogens is 376 g/mol. The van der Waals surface area contributed by atoms with Crippen molar-refractivity contribution in [3.8, 4) is 5.69 Å². The molecule has 1 fully saturated rings. The van der Waals surface area contributed by atoms with Crippen LogP contribution in [0.25, 0.3) is 5.69 Å². The van der Waals surface area contributed by atoms with Gasteiger partial charge in [0.1, 0.15) is 6.04 Å². The molecule has 3 unspecified atom stereocenters. The molecule has 0 radical (unpaired) electrons. The molecule has 3 aromatic rings. The minimum absolute atomic E-state index is 0.0367. The van der Waals surface area contributed by atoms with Crippen LogP contribution < -0.4 is 0 Å². The number of thioether (sulfide) groups is 1.